The van der Waals surface area contributed by atoms with Crippen LogP contribution >= 0.6 is 39.1 Å². The van der Waals surface area contributed by atoms with Crippen molar-refractivity contribution in [1.82, 2.24) is 5.43 Å². The largest absolute Gasteiger partial charge is 0.506 e. The average Bonchev–Trinajstić information content (AvgIpc) is 2.44. The summed E-state index contributed by atoms with van der Waals surface area (Å²) in [5.41, 5.74) is 3.16. The SMILES string of the molecule is O=C(NN=Cc1cc(Cl)cc(Br)c1O)c1ccc(Cl)cc1. The number of hydrogen-bond acceptors (Lipinski definition) is 3. The maximum atomic E-state index is 11.8. The lowest BCUT2D eigenvalue weighted by Gasteiger charge is -2.03. The number of hydrogen-bond donors (Lipinski definition) is 2. The van der Waals surface area contributed by atoms with E-state index in [2.05, 4.69) is 26.5 Å². The highest BCUT2D eigenvalue weighted by atomic mass is 79.9. The first kappa shape index (κ1) is 15.8. The topological polar surface area (TPSA) is 61.7 Å². The molecule has 0 aliphatic rings. The lowest BCUT2D eigenvalue weighted by molar-refractivity contribution is 0.0955. The number of amides is 1. The van der Waals surface area contributed by atoms with E-state index in [1.807, 2.05) is 0 Å². The van der Waals surface area contributed by atoms with Crippen LogP contribution in [0.1, 0.15) is 15.9 Å². The molecule has 0 aliphatic heterocycles. The van der Waals surface area contributed by atoms with Crippen LogP contribution in [0.4, 0.5) is 0 Å². The fourth-order valence-corrected chi connectivity index (χ4v) is 2.47. The second kappa shape index (κ2) is 6.93. The number of phenolic OH excluding ortho intramolecular Hbond substituents is 1. The molecule has 2 aromatic rings. The third-order valence-electron chi connectivity index (χ3n) is 2.53. The van der Waals surface area contributed by atoms with Gasteiger partial charge in [0.15, 0.2) is 0 Å². The first-order valence-electron chi connectivity index (χ1n) is 5.74. The first-order valence-corrected chi connectivity index (χ1v) is 7.29. The van der Waals surface area contributed by atoms with Crippen LogP contribution in [0.2, 0.25) is 10.0 Å². The molecule has 0 radical (unpaired) electrons. The fraction of sp³-hybridized carbons (Fsp3) is 0. The molecule has 108 valence electrons. The molecule has 0 atom stereocenters. The highest BCUT2D eigenvalue weighted by Crippen LogP contribution is 2.30. The summed E-state index contributed by atoms with van der Waals surface area (Å²) in [5, 5.41) is 14.6. The number of aromatic hydroxyl groups is 1. The Hall–Kier alpha value is -1.56. The van der Waals surface area contributed by atoms with Crippen LogP contribution in [0.5, 0.6) is 5.75 Å². The minimum absolute atomic E-state index is 0.0103. The van der Waals surface area contributed by atoms with Gasteiger partial charge in [-0.05, 0) is 52.3 Å². The minimum atomic E-state index is -0.386. The van der Waals surface area contributed by atoms with Crippen LogP contribution in [0.15, 0.2) is 46.0 Å². The maximum absolute atomic E-state index is 11.8. The van der Waals surface area contributed by atoms with E-state index < -0.39 is 0 Å². The zero-order valence-electron chi connectivity index (χ0n) is 10.5. The molecular formula is C14H9BrCl2N2O2. The second-order valence-corrected chi connectivity index (χ2v) is 5.76. The Bertz CT molecular complexity index is 703. The van der Waals surface area contributed by atoms with Crippen LogP contribution in [0.25, 0.3) is 0 Å². The second-order valence-electron chi connectivity index (χ2n) is 4.03. The standard InChI is InChI=1S/C14H9BrCl2N2O2/c15-12-6-11(17)5-9(13(12)20)7-18-19-14(21)8-1-3-10(16)4-2-8/h1-7,20H,(H,19,21). The summed E-state index contributed by atoms with van der Waals surface area (Å²) in [6.45, 7) is 0. The molecule has 0 saturated carbocycles. The van der Waals surface area contributed by atoms with Gasteiger partial charge >= 0.3 is 0 Å². The van der Waals surface area contributed by atoms with Crippen molar-refractivity contribution in [3.05, 3.63) is 62.0 Å². The number of carbonyl (C=O) groups excluding carboxylic acids is 1. The summed E-state index contributed by atoms with van der Waals surface area (Å²) in [6, 6.07) is 9.47. The van der Waals surface area contributed by atoms with Crippen LogP contribution < -0.4 is 5.43 Å². The smallest absolute Gasteiger partial charge is 0.271 e. The Morgan fingerprint density at radius 2 is 1.86 bits per heavy atom. The third kappa shape index (κ3) is 4.20. The normalized spacial score (nSPS) is 10.8. The molecular weight excluding hydrogens is 379 g/mol. The molecule has 1 amide bonds. The van der Waals surface area contributed by atoms with Crippen LogP contribution in [-0.2, 0) is 0 Å². The van der Waals surface area contributed by atoms with E-state index in [-0.39, 0.29) is 11.7 Å². The number of benzene rings is 2. The van der Waals surface area contributed by atoms with Gasteiger partial charge in [0.2, 0.25) is 0 Å². The molecule has 2 aromatic carbocycles. The van der Waals surface area contributed by atoms with Gasteiger partial charge < -0.3 is 5.11 Å². The van der Waals surface area contributed by atoms with Crippen molar-refractivity contribution in [2.45, 2.75) is 0 Å². The zero-order chi connectivity index (χ0) is 15.4. The van der Waals surface area contributed by atoms with E-state index in [4.69, 9.17) is 23.2 Å². The minimum Gasteiger partial charge on any atom is -0.506 e. The van der Waals surface area contributed by atoms with Crippen molar-refractivity contribution in [2.75, 3.05) is 0 Å². The number of nitrogens with zero attached hydrogens (tertiary/aromatic N) is 1. The molecule has 4 nitrogen and oxygen atoms in total. The van der Waals surface area contributed by atoms with Crippen molar-refractivity contribution < 1.29 is 9.90 Å². The summed E-state index contributed by atoms with van der Waals surface area (Å²) in [4.78, 5) is 11.8. The predicted octanol–water partition coefficient (Wildman–Crippen LogP) is 4.23. The Kier molecular flexibility index (Phi) is 5.22. The third-order valence-corrected chi connectivity index (χ3v) is 3.61. The predicted molar refractivity (Wildman–Crippen MR) is 87.3 cm³/mol. The number of nitrogens with one attached hydrogen (secondary N) is 1. The van der Waals surface area contributed by atoms with Gasteiger partial charge in [-0.25, -0.2) is 5.43 Å². The zero-order valence-corrected chi connectivity index (χ0v) is 13.6. The lowest BCUT2D eigenvalue weighted by atomic mass is 10.2. The highest BCUT2D eigenvalue weighted by Gasteiger charge is 2.06. The van der Waals surface area contributed by atoms with Gasteiger partial charge in [0.1, 0.15) is 5.75 Å². The van der Waals surface area contributed by atoms with Crippen LogP contribution in [0.3, 0.4) is 0 Å². The number of phenols is 1. The molecule has 0 heterocycles. The monoisotopic (exact) mass is 386 g/mol. The molecule has 0 spiro atoms. The molecule has 0 aromatic heterocycles. The van der Waals surface area contributed by atoms with E-state index in [1.165, 1.54) is 12.3 Å². The number of carbonyl (C=O) groups is 1. The summed E-state index contributed by atoms with van der Waals surface area (Å²) >= 11 is 14.8. The summed E-state index contributed by atoms with van der Waals surface area (Å²) in [6.07, 6.45) is 1.31. The number of halogens is 3. The van der Waals surface area contributed by atoms with E-state index in [0.29, 0.717) is 25.6 Å². The quantitative estimate of drug-likeness (QED) is 0.611. The summed E-state index contributed by atoms with van der Waals surface area (Å²) in [7, 11) is 0. The number of hydrazone groups is 1. The van der Waals surface area contributed by atoms with Gasteiger partial charge in [0, 0.05) is 21.2 Å². The van der Waals surface area contributed by atoms with Gasteiger partial charge in [-0.3, -0.25) is 4.79 Å². The molecule has 0 unspecified atom stereocenters. The lowest BCUT2D eigenvalue weighted by Crippen LogP contribution is -2.17. The van der Waals surface area contributed by atoms with Gasteiger partial charge in [0.25, 0.3) is 5.91 Å². The summed E-state index contributed by atoms with van der Waals surface area (Å²) < 4.78 is 0.445. The molecule has 7 heteroatoms. The molecule has 2 N–H and O–H groups in total. The molecule has 0 fully saturated rings. The average molecular weight is 388 g/mol. The van der Waals surface area contributed by atoms with Crippen molar-refractivity contribution in [2.24, 2.45) is 5.10 Å². The molecule has 2 rings (SSSR count). The molecule has 21 heavy (non-hydrogen) atoms. The Balaban J connectivity index is 2.09. The summed E-state index contributed by atoms with van der Waals surface area (Å²) in [5.74, 6) is -0.396. The van der Waals surface area contributed by atoms with E-state index >= 15 is 0 Å². The van der Waals surface area contributed by atoms with Crippen molar-refractivity contribution >= 4 is 51.3 Å². The Morgan fingerprint density at radius 3 is 2.52 bits per heavy atom. The molecule has 0 bridgehead atoms. The number of rotatable bonds is 3. The van der Waals surface area contributed by atoms with Crippen molar-refractivity contribution in [3.63, 3.8) is 0 Å². The van der Waals surface area contributed by atoms with Crippen molar-refractivity contribution in [3.8, 4) is 5.75 Å². The maximum Gasteiger partial charge on any atom is 0.271 e. The van der Waals surface area contributed by atoms with Crippen LogP contribution in [0, 0.1) is 0 Å². The van der Waals surface area contributed by atoms with Crippen molar-refractivity contribution in [1.29, 1.82) is 0 Å². The molecule has 0 saturated heterocycles. The molecule has 0 aliphatic carbocycles. The van der Waals surface area contributed by atoms with E-state index in [1.54, 1.807) is 30.3 Å². The van der Waals surface area contributed by atoms with E-state index in [9.17, 15) is 9.90 Å². The van der Waals surface area contributed by atoms with Gasteiger partial charge in [0.05, 0.1) is 10.7 Å². The first-order chi connectivity index (χ1) is 9.97. The fourth-order valence-electron chi connectivity index (χ4n) is 1.51. The van der Waals surface area contributed by atoms with Crippen LogP contribution in [-0.4, -0.2) is 17.2 Å². The van der Waals surface area contributed by atoms with Gasteiger partial charge in [-0.1, -0.05) is 23.2 Å². The van der Waals surface area contributed by atoms with Gasteiger partial charge in [-0.15, -0.1) is 0 Å². The highest BCUT2D eigenvalue weighted by molar-refractivity contribution is 9.10. The van der Waals surface area contributed by atoms with Gasteiger partial charge in [-0.2, -0.15) is 5.10 Å². The Labute approximate surface area is 139 Å². The van der Waals surface area contributed by atoms with E-state index in [0.717, 1.165) is 0 Å². The Morgan fingerprint density at radius 1 is 1.19 bits per heavy atom.